The molecule has 0 saturated heterocycles. The molecule has 0 aromatic heterocycles. The molecule has 0 fully saturated rings. The van der Waals surface area contributed by atoms with Gasteiger partial charge in [-0.1, -0.05) is 61.0 Å². The van der Waals surface area contributed by atoms with Gasteiger partial charge in [-0.2, -0.15) is 0 Å². The highest BCUT2D eigenvalue weighted by Gasteiger charge is 2.12. The SMILES string of the molecule is CCc1ccc(C[C@@H](N)C(=O)O)cc1.Cc1ccc(C[C@H](N)C(=O)O)cc1. The summed E-state index contributed by atoms with van der Waals surface area (Å²) >= 11 is 0. The minimum atomic E-state index is -0.958. The zero-order valence-electron chi connectivity index (χ0n) is 15.8. The third-order valence-corrected chi connectivity index (χ3v) is 4.10. The van der Waals surface area contributed by atoms with E-state index in [1.165, 1.54) is 5.56 Å². The zero-order chi connectivity index (χ0) is 20.4. The van der Waals surface area contributed by atoms with E-state index in [1.54, 1.807) is 0 Å². The number of rotatable bonds is 7. The van der Waals surface area contributed by atoms with Crippen molar-refractivity contribution in [2.24, 2.45) is 11.5 Å². The lowest BCUT2D eigenvalue weighted by molar-refractivity contribution is -0.139. The standard InChI is InChI=1S/C11H15NO2.C10H13NO2/c1-2-8-3-5-9(6-4-8)7-10(12)11(13)14;1-7-2-4-8(5-3-7)6-9(11)10(12)13/h3-6,10H,2,7,12H2,1H3,(H,13,14);2-5,9H,6,11H2,1H3,(H,12,13)/t10-;9-/m10/s1. The Morgan fingerprint density at radius 1 is 0.778 bits per heavy atom. The lowest BCUT2D eigenvalue weighted by Crippen LogP contribution is -2.32. The summed E-state index contributed by atoms with van der Waals surface area (Å²) in [6, 6.07) is 14.0. The minimum absolute atomic E-state index is 0.385. The van der Waals surface area contributed by atoms with Crippen LogP contribution in [0.3, 0.4) is 0 Å². The van der Waals surface area contributed by atoms with Gasteiger partial charge >= 0.3 is 11.9 Å². The van der Waals surface area contributed by atoms with Gasteiger partial charge in [0.15, 0.2) is 0 Å². The molecule has 6 N–H and O–H groups in total. The topological polar surface area (TPSA) is 127 Å². The van der Waals surface area contributed by atoms with Crippen LogP contribution >= 0.6 is 0 Å². The molecule has 0 spiro atoms. The van der Waals surface area contributed by atoms with Crippen LogP contribution in [0.4, 0.5) is 0 Å². The predicted octanol–water partition coefficient (Wildman–Crippen LogP) is 2.15. The Hall–Kier alpha value is -2.70. The number of nitrogens with two attached hydrogens (primary N) is 2. The summed E-state index contributed by atoms with van der Waals surface area (Å²) < 4.78 is 0. The number of carbonyl (C=O) groups is 2. The molecule has 0 saturated carbocycles. The predicted molar refractivity (Wildman–Crippen MR) is 106 cm³/mol. The van der Waals surface area contributed by atoms with Crippen molar-refractivity contribution in [3.05, 3.63) is 70.8 Å². The first kappa shape index (κ1) is 22.3. The first-order chi connectivity index (χ1) is 12.7. The van der Waals surface area contributed by atoms with Gasteiger partial charge < -0.3 is 21.7 Å². The van der Waals surface area contributed by atoms with Crippen molar-refractivity contribution in [3.63, 3.8) is 0 Å². The second-order valence-corrected chi connectivity index (χ2v) is 6.45. The van der Waals surface area contributed by atoms with Crippen LogP contribution in [0.15, 0.2) is 48.5 Å². The van der Waals surface area contributed by atoms with E-state index in [0.29, 0.717) is 12.8 Å². The summed E-state index contributed by atoms with van der Waals surface area (Å²) in [6.07, 6.45) is 1.76. The molecule has 0 amide bonds. The second-order valence-electron chi connectivity index (χ2n) is 6.45. The quantitative estimate of drug-likeness (QED) is 0.590. The van der Waals surface area contributed by atoms with Crippen LogP contribution in [0.1, 0.15) is 29.2 Å². The van der Waals surface area contributed by atoms with Gasteiger partial charge in [-0.05, 0) is 42.9 Å². The van der Waals surface area contributed by atoms with Gasteiger partial charge in [-0.25, -0.2) is 0 Å². The molecule has 2 aromatic rings. The van der Waals surface area contributed by atoms with Crippen molar-refractivity contribution < 1.29 is 19.8 Å². The number of benzene rings is 2. The Morgan fingerprint density at radius 2 is 1.11 bits per heavy atom. The Balaban J connectivity index is 0.000000271. The van der Waals surface area contributed by atoms with E-state index in [1.807, 2.05) is 55.5 Å². The van der Waals surface area contributed by atoms with E-state index in [9.17, 15) is 9.59 Å². The highest BCUT2D eigenvalue weighted by molar-refractivity contribution is 5.73. The van der Waals surface area contributed by atoms with Crippen LogP contribution in [-0.4, -0.2) is 34.2 Å². The number of carboxylic acids is 2. The molecule has 0 aliphatic carbocycles. The van der Waals surface area contributed by atoms with Crippen molar-refractivity contribution in [2.45, 2.75) is 45.2 Å². The Labute approximate surface area is 159 Å². The van der Waals surface area contributed by atoms with Crippen molar-refractivity contribution >= 4 is 11.9 Å². The van der Waals surface area contributed by atoms with E-state index in [2.05, 4.69) is 6.92 Å². The number of carboxylic acid groups (broad SMARTS) is 2. The maximum Gasteiger partial charge on any atom is 0.320 e. The maximum absolute atomic E-state index is 10.5. The van der Waals surface area contributed by atoms with Gasteiger partial charge in [0.25, 0.3) is 0 Å². The highest BCUT2D eigenvalue weighted by Crippen LogP contribution is 2.07. The number of hydrogen-bond acceptors (Lipinski definition) is 4. The van der Waals surface area contributed by atoms with Gasteiger partial charge in [0.1, 0.15) is 12.1 Å². The van der Waals surface area contributed by atoms with Crippen LogP contribution in [0.2, 0.25) is 0 Å². The molecule has 6 nitrogen and oxygen atoms in total. The monoisotopic (exact) mass is 372 g/mol. The van der Waals surface area contributed by atoms with Crippen molar-refractivity contribution in [2.75, 3.05) is 0 Å². The molecule has 0 aliphatic heterocycles. The first-order valence-electron chi connectivity index (χ1n) is 8.83. The summed E-state index contributed by atoms with van der Waals surface area (Å²) in [5, 5.41) is 17.2. The molecule has 6 heteroatoms. The average Bonchev–Trinajstić information content (AvgIpc) is 2.64. The fourth-order valence-corrected chi connectivity index (χ4v) is 2.32. The van der Waals surface area contributed by atoms with Gasteiger partial charge in [0.05, 0.1) is 0 Å². The van der Waals surface area contributed by atoms with Crippen LogP contribution in [0, 0.1) is 6.92 Å². The molecular weight excluding hydrogens is 344 g/mol. The molecule has 2 aromatic carbocycles. The summed E-state index contributed by atoms with van der Waals surface area (Å²) in [6.45, 7) is 4.07. The molecular formula is C21H28N2O4. The van der Waals surface area contributed by atoms with E-state index in [0.717, 1.165) is 23.1 Å². The lowest BCUT2D eigenvalue weighted by atomic mass is 10.0. The number of aryl methyl sites for hydroxylation is 2. The average molecular weight is 372 g/mol. The largest absolute Gasteiger partial charge is 0.480 e. The second kappa shape index (κ2) is 11.1. The molecule has 27 heavy (non-hydrogen) atoms. The third-order valence-electron chi connectivity index (χ3n) is 4.10. The van der Waals surface area contributed by atoms with Crippen LogP contribution in [0.5, 0.6) is 0 Å². The summed E-state index contributed by atoms with van der Waals surface area (Å²) in [7, 11) is 0. The summed E-state index contributed by atoms with van der Waals surface area (Å²) in [4.78, 5) is 20.9. The minimum Gasteiger partial charge on any atom is -0.480 e. The summed E-state index contributed by atoms with van der Waals surface area (Å²) in [5.41, 5.74) is 15.1. The van der Waals surface area contributed by atoms with Gasteiger partial charge in [0.2, 0.25) is 0 Å². The molecule has 146 valence electrons. The van der Waals surface area contributed by atoms with Crippen molar-refractivity contribution in [1.82, 2.24) is 0 Å². The number of hydrogen-bond donors (Lipinski definition) is 4. The Bertz CT molecular complexity index is 727. The third kappa shape index (κ3) is 8.48. The molecule has 2 rings (SSSR count). The Morgan fingerprint density at radius 3 is 1.44 bits per heavy atom. The Kier molecular flexibility index (Phi) is 9.19. The van der Waals surface area contributed by atoms with Crippen LogP contribution in [0.25, 0.3) is 0 Å². The normalized spacial score (nSPS) is 12.4. The molecule has 2 atom stereocenters. The molecule has 0 bridgehead atoms. The fraction of sp³-hybridized carbons (Fsp3) is 0.333. The van der Waals surface area contributed by atoms with Crippen molar-refractivity contribution in [1.29, 1.82) is 0 Å². The van der Waals surface area contributed by atoms with E-state index < -0.39 is 24.0 Å². The van der Waals surface area contributed by atoms with Crippen molar-refractivity contribution in [3.8, 4) is 0 Å². The fourth-order valence-electron chi connectivity index (χ4n) is 2.32. The van der Waals surface area contributed by atoms with Gasteiger partial charge in [-0.3, -0.25) is 9.59 Å². The number of aliphatic carboxylic acids is 2. The highest BCUT2D eigenvalue weighted by atomic mass is 16.4. The first-order valence-corrected chi connectivity index (χ1v) is 8.83. The van der Waals surface area contributed by atoms with Gasteiger partial charge in [0, 0.05) is 0 Å². The van der Waals surface area contributed by atoms with E-state index in [4.69, 9.17) is 21.7 Å². The molecule has 0 radical (unpaired) electrons. The smallest absolute Gasteiger partial charge is 0.320 e. The van der Waals surface area contributed by atoms with Gasteiger partial charge in [-0.15, -0.1) is 0 Å². The molecule has 0 heterocycles. The zero-order valence-corrected chi connectivity index (χ0v) is 15.8. The maximum atomic E-state index is 10.5. The van der Waals surface area contributed by atoms with E-state index in [-0.39, 0.29) is 0 Å². The van der Waals surface area contributed by atoms with Crippen LogP contribution < -0.4 is 11.5 Å². The molecule has 0 aliphatic rings. The summed E-state index contributed by atoms with van der Waals surface area (Å²) in [5.74, 6) is -1.91. The van der Waals surface area contributed by atoms with Crippen LogP contribution in [-0.2, 0) is 28.9 Å². The lowest BCUT2D eigenvalue weighted by Gasteiger charge is -2.06. The molecule has 0 unspecified atom stereocenters. The van der Waals surface area contributed by atoms with E-state index >= 15 is 0 Å².